The lowest BCUT2D eigenvalue weighted by Gasteiger charge is -2.07. The molecule has 0 fully saturated rings. The van der Waals surface area contributed by atoms with Crippen molar-refractivity contribution in [1.29, 1.82) is 0 Å². The van der Waals surface area contributed by atoms with E-state index in [0.29, 0.717) is 6.61 Å². The number of benzene rings is 2. The van der Waals surface area contributed by atoms with Crippen LogP contribution in [0.25, 0.3) is 5.76 Å². The Morgan fingerprint density at radius 2 is 1.65 bits per heavy atom. The SMILES string of the molecule is Oc1ccc(C2C=C(c3c(F)cccc3F)OC2)cc1. The predicted molar refractivity (Wildman–Crippen MR) is 71.1 cm³/mol. The van der Waals surface area contributed by atoms with Gasteiger partial charge in [0.05, 0.1) is 12.2 Å². The first-order valence-electron chi connectivity index (χ1n) is 6.23. The quantitative estimate of drug-likeness (QED) is 0.902. The molecule has 1 heterocycles. The largest absolute Gasteiger partial charge is 0.508 e. The third kappa shape index (κ3) is 2.25. The fraction of sp³-hybridized carbons (Fsp3) is 0.125. The smallest absolute Gasteiger partial charge is 0.137 e. The second kappa shape index (κ2) is 4.96. The van der Waals surface area contributed by atoms with Crippen molar-refractivity contribution in [3.05, 3.63) is 71.3 Å². The first kappa shape index (κ1) is 12.7. The van der Waals surface area contributed by atoms with Crippen LogP contribution in [0.2, 0.25) is 0 Å². The first-order chi connectivity index (χ1) is 9.65. The molecule has 1 unspecified atom stereocenters. The highest BCUT2D eigenvalue weighted by molar-refractivity contribution is 5.64. The standard InChI is InChI=1S/C16H12F2O2/c17-13-2-1-3-14(18)16(13)15-8-11(9-20-15)10-4-6-12(19)7-5-10/h1-8,11,19H,9H2. The predicted octanol–water partition coefficient (Wildman–Crippen LogP) is 3.83. The van der Waals surface area contributed by atoms with Crippen LogP contribution in [-0.2, 0) is 4.74 Å². The van der Waals surface area contributed by atoms with Crippen LogP contribution < -0.4 is 0 Å². The zero-order valence-electron chi connectivity index (χ0n) is 10.5. The van der Waals surface area contributed by atoms with Crippen molar-refractivity contribution in [2.24, 2.45) is 0 Å². The van der Waals surface area contributed by atoms with Gasteiger partial charge in [-0.3, -0.25) is 0 Å². The van der Waals surface area contributed by atoms with Gasteiger partial charge >= 0.3 is 0 Å². The number of hydrogen-bond donors (Lipinski definition) is 1. The summed E-state index contributed by atoms with van der Waals surface area (Å²) in [6.45, 7) is 0.327. The van der Waals surface area contributed by atoms with Crippen molar-refractivity contribution in [3.63, 3.8) is 0 Å². The van der Waals surface area contributed by atoms with Crippen LogP contribution in [0.1, 0.15) is 17.0 Å². The number of halogens is 2. The molecule has 102 valence electrons. The van der Waals surface area contributed by atoms with Gasteiger partial charge in [-0.2, -0.15) is 0 Å². The molecule has 1 aliphatic heterocycles. The maximum atomic E-state index is 13.7. The fourth-order valence-corrected chi connectivity index (χ4v) is 2.26. The summed E-state index contributed by atoms with van der Waals surface area (Å²) in [6.07, 6.45) is 1.70. The summed E-state index contributed by atoms with van der Waals surface area (Å²) in [5, 5.41) is 9.26. The molecule has 0 amide bonds. The highest BCUT2D eigenvalue weighted by atomic mass is 19.1. The maximum Gasteiger partial charge on any atom is 0.137 e. The van der Waals surface area contributed by atoms with Gasteiger partial charge in [0, 0.05) is 5.92 Å². The van der Waals surface area contributed by atoms with E-state index in [9.17, 15) is 13.9 Å². The van der Waals surface area contributed by atoms with Crippen molar-refractivity contribution < 1.29 is 18.6 Å². The Morgan fingerprint density at radius 1 is 1.00 bits per heavy atom. The molecule has 0 radical (unpaired) electrons. The van der Waals surface area contributed by atoms with E-state index in [2.05, 4.69) is 0 Å². The molecule has 0 spiro atoms. The molecule has 0 saturated heterocycles. The van der Waals surface area contributed by atoms with Crippen molar-refractivity contribution in [1.82, 2.24) is 0 Å². The Hall–Kier alpha value is -2.36. The van der Waals surface area contributed by atoms with E-state index in [1.807, 2.05) is 0 Å². The molecule has 1 N–H and O–H groups in total. The summed E-state index contributed by atoms with van der Waals surface area (Å²) in [6, 6.07) is 10.4. The molecule has 1 atom stereocenters. The van der Waals surface area contributed by atoms with E-state index >= 15 is 0 Å². The molecule has 2 aromatic carbocycles. The molecule has 0 bridgehead atoms. The average molecular weight is 274 g/mol. The lowest BCUT2D eigenvalue weighted by molar-refractivity contribution is 0.290. The van der Waals surface area contributed by atoms with Crippen molar-refractivity contribution in [2.75, 3.05) is 6.61 Å². The summed E-state index contributed by atoms with van der Waals surface area (Å²) in [4.78, 5) is 0. The Bertz CT molecular complexity index is 642. The van der Waals surface area contributed by atoms with Crippen LogP contribution in [0.3, 0.4) is 0 Å². The van der Waals surface area contributed by atoms with Crippen LogP contribution in [0.15, 0.2) is 48.5 Å². The van der Waals surface area contributed by atoms with Crippen molar-refractivity contribution >= 4 is 5.76 Å². The lowest BCUT2D eigenvalue weighted by atomic mass is 9.99. The van der Waals surface area contributed by atoms with Crippen LogP contribution in [0.5, 0.6) is 5.75 Å². The summed E-state index contributed by atoms with van der Waals surface area (Å²) in [5.74, 6) is -0.953. The average Bonchev–Trinajstić information content (AvgIpc) is 2.89. The van der Waals surface area contributed by atoms with Crippen molar-refractivity contribution in [2.45, 2.75) is 5.92 Å². The molecule has 4 heteroatoms. The number of phenolic OH excluding ortho intramolecular Hbond substituents is 1. The molecule has 0 aromatic heterocycles. The Kier molecular flexibility index (Phi) is 3.14. The van der Waals surface area contributed by atoms with E-state index in [1.54, 1.807) is 30.3 Å². The number of rotatable bonds is 2. The molecule has 3 rings (SSSR count). The van der Waals surface area contributed by atoms with Gasteiger partial charge in [0.15, 0.2) is 0 Å². The highest BCUT2D eigenvalue weighted by Gasteiger charge is 2.24. The molecule has 20 heavy (non-hydrogen) atoms. The molecule has 2 aromatic rings. The van der Waals surface area contributed by atoms with Crippen LogP contribution in [0.4, 0.5) is 8.78 Å². The Labute approximate surface area is 114 Å². The second-order valence-corrected chi connectivity index (χ2v) is 4.64. The van der Waals surface area contributed by atoms with E-state index in [0.717, 1.165) is 5.56 Å². The van der Waals surface area contributed by atoms with Crippen LogP contribution in [0, 0.1) is 11.6 Å². The van der Waals surface area contributed by atoms with Gasteiger partial charge < -0.3 is 9.84 Å². The Balaban J connectivity index is 1.94. The minimum absolute atomic E-state index is 0.0791. The van der Waals surface area contributed by atoms with E-state index in [-0.39, 0.29) is 23.0 Å². The van der Waals surface area contributed by atoms with Gasteiger partial charge in [-0.1, -0.05) is 18.2 Å². The zero-order chi connectivity index (χ0) is 14.1. The summed E-state index contributed by atoms with van der Waals surface area (Å²) >= 11 is 0. The van der Waals surface area contributed by atoms with Gasteiger partial charge in [-0.05, 0) is 35.9 Å². The normalized spacial score (nSPS) is 17.7. The van der Waals surface area contributed by atoms with Gasteiger partial charge in [0.25, 0.3) is 0 Å². The van der Waals surface area contributed by atoms with Crippen LogP contribution >= 0.6 is 0 Å². The van der Waals surface area contributed by atoms with Gasteiger partial charge in [0.1, 0.15) is 23.1 Å². The molecular formula is C16H12F2O2. The van der Waals surface area contributed by atoms with E-state index in [1.165, 1.54) is 18.2 Å². The topological polar surface area (TPSA) is 29.5 Å². The van der Waals surface area contributed by atoms with Gasteiger partial charge in [-0.25, -0.2) is 8.78 Å². The molecular weight excluding hydrogens is 262 g/mol. The molecule has 2 nitrogen and oxygen atoms in total. The van der Waals surface area contributed by atoms with Gasteiger partial charge in [-0.15, -0.1) is 0 Å². The second-order valence-electron chi connectivity index (χ2n) is 4.64. The van der Waals surface area contributed by atoms with Gasteiger partial charge in [0.2, 0.25) is 0 Å². The van der Waals surface area contributed by atoms with E-state index in [4.69, 9.17) is 4.74 Å². The monoisotopic (exact) mass is 274 g/mol. The minimum Gasteiger partial charge on any atom is -0.508 e. The molecule has 0 saturated carbocycles. The number of hydrogen-bond acceptors (Lipinski definition) is 2. The fourth-order valence-electron chi connectivity index (χ4n) is 2.26. The van der Waals surface area contributed by atoms with Crippen LogP contribution in [-0.4, -0.2) is 11.7 Å². The third-order valence-electron chi connectivity index (χ3n) is 3.30. The number of phenols is 1. The first-order valence-corrected chi connectivity index (χ1v) is 6.23. The lowest BCUT2D eigenvalue weighted by Crippen LogP contribution is -1.97. The highest BCUT2D eigenvalue weighted by Crippen LogP contribution is 2.34. The molecule has 0 aliphatic carbocycles. The summed E-state index contributed by atoms with van der Waals surface area (Å²) in [5.41, 5.74) is 0.795. The van der Waals surface area contributed by atoms with Crippen molar-refractivity contribution in [3.8, 4) is 5.75 Å². The minimum atomic E-state index is -0.636. The number of aromatic hydroxyl groups is 1. The number of ether oxygens (including phenoxy) is 1. The van der Waals surface area contributed by atoms with E-state index < -0.39 is 11.6 Å². The summed E-state index contributed by atoms with van der Waals surface area (Å²) in [7, 11) is 0. The molecule has 1 aliphatic rings. The Morgan fingerprint density at radius 3 is 2.30 bits per heavy atom. The third-order valence-corrected chi connectivity index (χ3v) is 3.30. The summed E-state index contributed by atoms with van der Waals surface area (Å²) < 4.78 is 32.8. The maximum absolute atomic E-state index is 13.7. The zero-order valence-corrected chi connectivity index (χ0v) is 10.5.